The molecule has 2 unspecified atom stereocenters. The second-order valence-corrected chi connectivity index (χ2v) is 8.56. The van der Waals surface area contributed by atoms with Crippen LogP contribution in [0, 0.1) is 11.8 Å². The maximum absolute atomic E-state index is 13.3. The molecule has 2 aromatic rings. The molecule has 0 radical (unpaired) electrons. The maximum atomic E-state index is 13.3. The third-order valence-corrected chi connectivity index (χ3v) is 6.66. The molecule has 2 aliphatic rings. The van der Waals surface area contributed by atoms with Gasteiger partial charge in [0.1, 0.15) is 6.54 Å². The van der Waals surface area contributed by atoms with Crippen LogP contribution in [0.25, 0.3) is 0 Å². The molecule has 2 N–H and O–H groups in total. The van der Waals surface area contributed by atoms with Crippen molar-refractivity contribution in [1.82, 2.24) is 4.90 Å². The SMILES string of the molecule is NCc1cccc(N(CC(=O)N2CCC3CCCCC3C2)C(=O)c2ccccc2)c1. The lowest BCUT2D eigenvalue weighted by Crippen LogP contribution is -2.49. The van der Waals surface area contributed by atoms with Crippen LogP contribution in [0.3, 0.4) is 0 Å². The molecule has 2 atom stereocenters. The number of hydrogen-bond donors (Lipinski definition) is 1. The first-order valence-corrected chi connectivity index (χ1v) is 11.1. The van der Waals surface area contributed by atoms with Crippen molar-refractivity contribution in [1.29, 1.82) is 0 Å². The van der Waals surface area contributed by atoms with E-state index in [0.717, 1.165) is 31.0 Å². The van der Waals surface area contributed by atoms with Gasteiger partial charge >= 0.3 is 0 Å². The van der Waals surface area contributed by atoms with Gasteiger partial charge in [-0.15, -0.1) is 0 Å². The quantitative estimate of drug-likeness (QED) is 0.822. The largest absolute Gasteiger partial charge is 0.341 e. The molecule has 158 valence electrons. The third-order valence-electron chi connectivity index (χ3n) is 6.66. The van der Waals surface area contributed by atoms with E-state index in [4.69, 9.17) is 5.73 Å². The Labute approximate surface area is 178 Å². The van der Waals surface area contributed by atoms with Crippen LogP contribution in [0.4, 0.5) is 5.69 Å². The Morgan fingerprint density at radius 1 is 0.967 bits per heavy atom. The molecule has 0 spiro atoms. The molecule has 30 heavy (non-hydrogen) atoms. The first-order valence-electron chi connectivity index (χ1n) is 11.1. The molecule has 5 nitrogen and oxygen atoms in total. The molecule has 1 aliphatic heterocycles. The molecule has 0 bridgehead atoms. The number of carbonyl (C=O) groups excluding carboxylic acids is 2. The molecule has 0 aromatic heterocycles. The van der Waals surface area contributed by atoms with Crippen LogP contribution in [0.2, 0.25) is 0 Å². The summed E-state index contributed by atoms with van der Waals surface area (Å²) in [6.07, 6.45) is 6.21. The summed E-state index contributed by atoms with van der Waals surface area (Å²) >= 11 is 0. The Bertz CT molecular complexity index is 883. The summed E-state index contributed by atoms with van der Waals surface area (Å²) in [7, 11) is 0. The Morgan fingerprint density at radius 3 is 2.50 bits per heavy atom. The van der Waals surface area contributed by atoms with E-state index < -0.39 is 0 Å². The van der Waals surface area contributed by atoms with Crippen LogP contribution >= 0.6 is 0 Å². The number of anilines is 1. The standard InChI is InChI=1S/C25H31N3O2/c26-16-19-7-6-12-23(15-19)28(25(30)21-9-2-1-3-10-21)18-24(29)27-14-13-20-8-4-5-11-22(20)17-27/h1-3,6-7,9-10,12,15,20,22H,4-5,8,11,13-14,16-18,26H2. The number of hydrogen-bond acceptors (Lipinski definition) is 3. The van der Waals surface area contributed by atoms with E-state index in [9.17, 15) is 9.59 Å². The average Bonchev–Trinajstić information content (AvgIpc) is 2.82. The second kappa shape index (κ2) is 9.43. The highest BCUT2D eigenvalue weighted by molar-refractivity contribution is 6.08. The lowest BCUT2D eigenvalue weighted by molar-refractivity contribution is -0.132. The van der Waals surface area contributed by atoms with Gasteiger partial charge in [-0.2, -0.15) is 0 Å². The lowest BCUT2D eigenvalue weighted by atomic mass is 9.75. The van der Waals surface area contributed by atoms with Crippen LogP contribution in [0.1, 0.15) is 48.0 Å². The van der Waals surface area contributed by atoms with Gasteiger partial charge in [0.15, 0.2) is 0 Å². The number of rotatable bonds is 5. The molecule has 1 aliphatic carbocycles. The highest BCUT2D eigenvalue weighted by atomic mass is 16.2. The summed E-state index contributed by atoms with van der Waals surface area (Å²) in [4.78, 5) is 30.1. The number of piperidine rings is 1. The fraction of sp³-hybridized carbons (Fsp3) is 0.440. The summed E-state index contributed by atoms with van der Waals surface area (Å²) in [5.74, 6) is 1.26. The third kappa shape index (κ3) is 4.57. The van der Waals surface area contributed by atoms with Crippen molar-refractivity contribution < 1.29 is 9.59 Å². The van der Waals surface area contributed by atoms with Gasteiger partial charge in [-0.05, 0) is 54.5 Å². The van der Waals surface area contributed by atoms with Gasteiger partial charge < -0.3 is 10.6 Å². The zero-order chi connectivity index (χ0) is 20.9. The minimum atomic E-state index is -0.161. The van der Waals surface area contributed by atoms with Gasteiger partial charge in [0, 0.05) is 30.9 Å². The number of nitrogens with zero attached hydrogens (tertiary/aromatic N) is 2. The molecule has 1 saturated heterocycles. The molecule has 5 heteroatoms. The van der Waals surface area contributed by atoms with Crippen molar-refractivity contribution >= 4 is 17.5 Å². The summed E-state index contributed by atoms with van der Waals surface area (Å²) in [6.45, 7) is 2.08. The monoisotopic (exact) mass is 405 g/mol. The van der Waals surface area contributed by atoms with Crippen LogP contribution in [-0.4, -0.2) is 36.3 Å². The second-order valence-electron chi connectivity index (χ2n) is 8.56. The maximum Gasteiger partial charge on any atom is 0.258 e. The lowest BCUT2D eigenvalue weighted by Gasteiger charge is -2.41. The molecule has 1 saturated carbocycles. The van der Waals surface area contributed by atoms with Crippen molar-refractivity contribution in [3.8, 4) is 0 Å². The summed E-state index contributed by atoms with van der Waals surface area (Å²) in [5.41, 5.74) is 8.04. The van der Waals surface area contributed by atoms with Gasteiger partial charge in [0.2, 0.25) is 5.91 Å². The number of carbonyl (C=O) groups is 2. The van der Waals surface area contributed by atoms with Crippen LogP contribution in [0.5, 0.6) is 0 Å². The normalized spacial score (nSPS) is 21.0. The van der Waals surface area contributed by atoms with Crippen LogP contribution in [0.15, 0.2) is 54.6 Å². The number of amides is 2. The first kappa shape index (κ1) is 20.6. The number of benzene rings is 2. The van der Waals surface area contributed by atoms with Gasteiger partial charge in [0.25, 0.3) is 5.91 Å². The van der Waals surface area contributed by atoms with Crippen molar-refractivity contribution in [3.63, 3.8) is 0 Å². The Hall–Kier alpha value is -2.66. The van der Waals surface area contributed by atoms with Gasteiger partial charge in [-0.1, -0.05) is 49.6 Å². The van der Waals surface area contributed by atoms with E-state index in [-0.39, 0.29) is 18.4 Å². The molecule has 2 amide bonds. The van der Waals surface area contributed by atoms with Gasteiger partial charge in [-0.3, -0.25) is 14.5 Å². The van der Waals surface area contributed by atoms with Gasteiger partial charge in [0.05, 0.1) is 0 Å². The molecule has 4 rings (SSSR count). The van der Waals surface area contributed by atoms with Crippen molar-refractivity contribution in [2.24, 2.45) is 17.6 Å². The van der Waals surface area contributed by atoms with Crippen LogP contribution < -0.4 is 10.6 Å². The summed E-state index contributed by atoms with van der Waals surface area (Å²) in [6, 6.07) is 16.8. The molecule has 1 heterocycles. The van der Waals surface area contributed by atoms with E-state index in [2.05, 4.69) is 0 Å². The van der Waals surface area contributed by atoms with E-state index in [1.54, 1.807) is 17.0 Å². The Kier molecular flexibility index (Phi) is 6.48. The number of nitrogens with two attached hydrogens (primary N) is 1. The highest BCUT2D eigenvalue weighted by Crippen LogP contribution is 2.36. The average molecular weight is 406 g/mol. The fourth-order valence-electron chi connectivity index (χ4n) is 4.93. The minimum absolute atomic E-state index is 0.0291. The fourth-order valence-corrected chi connectivity index (χ4v) is 4.93. The zero-order valence-electron chi connectivity index (χ0n) is 17.5. The van der Waals surface area contributed by atoms with E-state index in [1.807, 2.05) is 47.4 Å². The highest BCUT2D eigenvalue weighted by Gasteiger charge is 2.34. The van der Waals surface area contributed by atoms with E-state index >= 15 is 0 Å². The predicted molar refractivity (Wildman–Crippen MR) is 119 cm³/mol. The topological polar surface area (TPSA) is 66.6 Å². The minimum Gasteiger partial charge on any atom is -0.341 e. The zero-order valence-corrected chi connectivity index (χ0v) is 17.5. The van der Waals surface area contributed by atoms with E-state index in [0.29, 0.717) is 23.7 Å². The molecular formula is C25H31N3O2. The predicted octanol–water partition coefficient (Wildman–Crippen LogP) is 3.83. The van der Waals surface area contributed by atoms with Crippen LogP contribution in [-0.2, 0) is 11.3 Å². The molecular weight excluding hydrogens is 374 g/mol. The molecule has 2 aromatic carbocycles. The summed E-state index contributed by atoms with van der Waals surface area (Å²) < 4.78 is 0. The van der Waals surface area contributed by atoms with E-state index in [1.165, 1.54) is 25.7 Å². The van der Waals surface area contributed by atoms with Crippen molar-refractivity contribution in [3.05, 3.63) is 65.7 Å². The van der Waals surface area contributed by atoms with Crippen molar-refractivity contribution in [2.45, 2.75) is 38.6 Å². The summed E-state index contributed by atoms with van der Waals surface area (Å²) in [5, 5.41) is 0. The van der Waals surface area contributed by atoms with Gasteiger partial charge in [-0.25, -0.2) is 0 Å². The first-order chi connectivity index (χ1) is 14.7. The number of fused-ring (bicyclic) bond motifs is 1. The smallest absolute Gasteiger partial charge is 0.258 e. The number of likely N-dealkylation sites (tertiary alicyclic amines) is 1. The van der Waals surface area contributed by atoms with Crippen molar-refractivity contribution in [2.75, 3.05) is 24.5 Å². The Balaban J connectivity index is 1.54. The molecule has 2 fully saturated rings. The Morgan fingerprint density at radius 2 is 1.73 bits per heavy atom.